The molecule has 2 N–H and O–H groups in total. The minimum atomic E-state index is -0.504. The average molecular weight is 416 g/mol. The van der Waals surface area contributed by atoms with E-state index in [-0.39, 0.29) is 17.6 Å². The van der Waals surface area contributed by atoms with E-state index in [0.717, 1.165) is 64.1 Å². The minimum Gasteiger partial charge on any atom is -0.443 e. The minimum absolute atomic E-state index is 0.0102. The summed E-state index contributed by atoms with van der Waals surface area (Å²) in [5.41, 5.74) is 1.75. The van der Waals surface area contributed by atoms with Gasteiger partial charge in [-0.15, -0.1) is 0 Å². The van der Waals surface area contributed by atoms with Gasteiger partial charge >= 0.3 is 6.09 Å². The van der Waals surface area contributed by atoms with Crippen LogP contribution in [0.1, 0.15) is 52.0 Å². The summed E-state index contributed by atoms with van der Waals surface area (Å²) in [7, 11) is 0. The molecule has 1 unspecified atom stereocenters. The lowest BCUT2D eigenvalue weighted by Crippen LogP contribution is -2.49. The molecule has 2 saturated heterocycles. The highest BCUT2D eigenvalue weighted by Gasteiger charge is 2.47. The fourth-order valence-electron chi connectivity index (χ4n) is 5.34. The average Bonchev–Trinajstić information content (AvgIpc) is 3.04. The van der Waals surface area contributed by atoms with Gasteiger partial charge in [0.1, 0.15) is 5.60 Å². The van der Waals surface area contributed by atoms with Gasteiger partial charge in [0.15, 0.2) is 0 Å². The molecule has 0 aromatic heterocycles. The van der Waals surface area contributed by atoms with Crippen LogP contribution in [0.5, 0.6) is 0 Å². The molecular weight excluding hydrogens is 378 g/mol. The van der Waals surface area contributed by atoms with Gasteiger partial charge in [-0.1, -0.05) is 18.2 Å². The molecule has 3 heterocycles. The van der Waals surface area contributed by atoms with Crippen molar-refractivity contribution in [2.45, 2.75) is 63.6 Å². The van der Waals surface area contributed by atoms with Gasteiger partial charge in [-0.25, -0.2) is 4.79 Å². The molecule has 3 aliphatic heterocycles. The monoisotopic (exact) mass is 415 g/mol. The number of amides is 1. The Labute approximate surface area is 180 Å². The second-order valence-electron chi connectivity index (χ2n) is 10.3. The van der Waals surface area contributed by atoms with Gasteiger partial charge in [0, 0.05) is 18.5 Å². The zero-order valence-corrected chi connectivity index (χ0v) is 18.7. The second-order valence-corrected chi connectivity index (χ2v) is 10.3. The van der Waals surface area contributed by atoms with Crippen molar-refractivity contribution in [3.63, 3.8) is 0 Å². The van der Waals surface area contributed by atoms with Gasteiger partial charge in [-0.2, -0.15) is 0 Å². The Morgan fingerprint density at radius 1 is 1.23 bits per heavy atom. The summed E-state index contributed by atoms with van der Waals surface area (Å²) < 4.78 is 5.69. The van der Waals surface area contributed by atoms with E-state index in [0.29, 0.717) is 12.5 Å². The van der Waals surface area contributed by atoms with Crippen molar-refractivity contribution < 1.29 is 14.6 Å². The lowest BCUT2D eigenvalue weighted by molar-refractivity contribution is 0.0356. The number of para-hydroxylation sites is 1. The number of piperidine rings is 2. The number of ether oxygens (including phenoxy) is 1. The third-order valence-electron chi connectivity index (χ3n) is 7.03. The van der Waals surface area contributed by atoms with Crippen LogP contribution in [0.4, 0.5) is 10.5 Å². The molecule has 0 bridgehead atoms. The molecule has 4 rings (SSSR count). The number of carbonyl (C=O) groups is 1. The van der Waals surface area contributed by atoms with Crippen molar-refractivity contribution in [1.82, 2.24) is 10.2 Å². The highest BCUT2D eigenvalue weighted by molar-refractivity contribution is 5.91. The topological polar surface area (TPSA) is 65.0 Å². The van der Waals surface area contributed by atoms with E-state index in [1.54, 1.807) is 0 Å². The lowest BCUT2D eigenvalue weighted by atomic mass is 9.74. The van der Waals surface area contributed by atoms with Crippen LogP contribution >= 0.6 is 0 Å². The molecule has 0 radical (unpaired) electrons. The fourth-order valence-corrected chi connectivity index (χ4v) is 5.34. The Bertz CT molecular complexity index is 746. The maximum absolute atomic E-state index is 12.9. The number of β-amino-alcohol motifs (C(OH)–C–C–N with tert-alkyl or cyclic N) is 1. The Morgan fingerprint density at radius 3 is 2.57 bits per heavy atom. The largest absolute Gasteiger partial charge is 0.443 e. The molecule has 166 valence electrons. The van der Waals surface area contributed by atoms with Crippen LogP contribution < -0.4 is 10.2 Å². The lowest BCUT2D eigenvalue weighted by Gasteiger charge is -2.41. The first-order valence-electron chi connectivity index (χ1n) is 11.5. The number of fused-ring (bicyclic) bond motifs is 2. The highest BCUT2D eigenvalue weighted by Crippen LogP contribution is 2.47. The van der Waals surface area contributed by atoms with Crippen LogP contribution in [0.3, 0.4) is 0 Å². The first-order chi connectivity index (χ1) is 14.3. The zero-order chi connectivity index (χ0) is 21.4. The Kier molecular flexibility index (Phi) is 6.11. The molecule has 2 fully saturated rings. The number of anilines is 1. The van der Waals surface area contributed by atoms with E-state index in [9.17, 15) is 9.90 Å². The first kappa shape index (κ1) is 21.6. The van der Waals surface area contributed by atoms with Crippen LogP contribution in [-0.2, 0) is 10.2 Å². The van der Waals surface area contributed by atoms with Crippen LogP contribution in [0, 0.1) is 5.92 Å². The molecule has 0 aliphatic carbocycles. The first-order valence-corrected chi connectivity index (χ1v) is 11.5. The van der Waals surface area contributed by atoms with E-state index < -0.39 is 5.60 Å². The van der Waals surface area contributed by atoms with E-state index in [1.807, 2.05) is 37.8 Å². The van der Waals surface area contributed by atoms with Gasteiger partial charge < -0.3 is 20.1 Å². The molecule has 1 aromatic rings. The highest BCUT2D eigenvalue weighted by atomic mass is 16.6. The smallest absolute Gasteiger partial charge is 0.414 e. The molecule has 1 atom stereocenters. The molecule has 0 saturated carbocycles. The third-order valence-corrected chi connectivity index (χ3v) is 7.03. The van der Waals surface area contributed by atoms with Crippen LogP contribution in [0.25, 0.3) is 0 Å². The van der Waals surface area contributed by atoms with E-state index in [1.165, 1.54) is 5.56 Å². The zero-order valence-electron chi connectivity index (χ0n) is 18.7. The fraction of sp³-hybridized carbons (Fsp3) is 0.708. The van der Waals surface area contributed by atoms with Crippen LogP contribution in [0.2, 0.25) is 0 Å². The van der Waals surface area contributed by atoms with Crippen LogP contribution in [-0.4, -0.2) is 67.1 Å². The van der Waals surface area contributed by atoms with Crippen molar-refractivity contribution in [1.29, 1.82) is 0 Å². The molecule has 6 heteroatoms. The normalized spacial score (nSPS) is 23.4. The summed E-state index contributed by atoms with van der Waals surface area (Å²) in [6, 6.07) is 8.30. The van der Waals surface area contributed by atoms with Gasteiger partial charge in [0.25, 0.3) is 0 Å². The quantitative estimate of drug-likeness (QED) is 0.794. The number of carbonyl (C=O) groups excluding carboxylic acids is 1. The summed E-state index contributed by atoms with van der Waals surface area (Å²) in [6.07, 6.45) is 3.64. The van der Waals surface area contributed by atoms with Gasteiger partial charge in [0.05, 0.1) is 11.8 Å². The summed E-state index contributed by atoms with van der Waals surface area (Å²) in [5.74, 6) is 0.414. The van der Waals surface area contributed by atoms with Gasteiger partial charge in [-0.3, -0.25) is 4.90 Å². The number of likely N-dealkylation sites (tertiary alicyclic amines) is 1. The summed E-state index contributed by atoms with van der Waals surface area (Å²) in [5, 5.41) is 14.1. The number of hydrogen-bond acceptors (Lipinski definition) is 5. The Hall–Kier alpha value is -1.63. The predicted octanol–water partition coefficient (Wildman–Crippen LogP) is 3.14. The summed E-state index contributed by atoms with van der Waals surface area (Å²) >= 11 is 0. The molecule has 6 nitrogen and oxygen atoms in total. The molecular formula is C24H37N3O3. The van der Waals surface area contributed by atoms with Crippen molar-refractivity contribution in [2.75, 3.05) is 44.2 Å². The molecule has 1 spiro atoms. The van der Waals surface area contributed by atoms with E-state index in [2.05, 4.69) is 22.3 Å². The van der Waals surface area contributed by atoms with Crippen LogP contribution in [0.15, 0.2) is 24.3 Å². The standard InChI is InChI=1S/C24H37N3O3/c1-23(2,3)30-22(29)27-17-24(19-6-4-5-7-20(19)27)10-14-26(15-11-24)16-21(28)18-8-12-25-13-9-18/h4-7,18,21,25,28H,8-17H2,1-3H3. The number of benzene rings is 1. The third kappa shape index (κ3) is 4.51. The molecule has 1 amide bonds. The Morgan fingerprint density at radius 2 is 1.90 bits per heavy atom. The molecule has 3 aliphatic rings. The molecule has 30 heavy (non-hydrogen) atoms. The predicted molar refractivity (Wildman–Crippen MR) is 119 cm³/mol. The molecule has 1 aromatic carbocycles. The van der Waals surface area contributed by atoms with E-state index >= 15 is 0 Å². The summed E-state index contributed by atoms with van der Waals surface area (Å²) in [4.78, 5) is 17.1. The maximum atomic E-state index is 12.9. The van der Waals surface area contributed by atoms with Crippen molar-refractivity contribution in [3.8, 4) is 0 Å². The maximum Gasteiger partial charge on any atom is 0.414 e. The summed E-state index contributed by atoms with van der Waals surface area (Å²) in [6.45, 7) is 11.1. The number of aliphatic hydroxyl groups excluding tert-OH is 1. The van der Waals surface area contributed by atoms with Gasteiger partial charge in [0.2, 0.25) is 0 Å². The Balaban J connectivity index is 1.42. The van der Waals surface area contributed by atoms with Crippen molar-refractivity contribution in [2.24, 2.45) is 5.92 Å². The SMILES string of the molecule is CC(C)(C)OC(=O)N1CC2(CCN(CC(O)C3CCNCC3)CC2)c2ccccc21. The number of hydrogen-bond donors (Lipinski definition) is 2. The number of nitrogens with zero attached hydrogens (tertiary/aromatic N) is 2. The number of nitrogens with one attached hydrogen (secondary N) is 1. The number of rotatable bonds is 3. The number of aliphatic hydroxyl groups is 1. The van der Waals surface area contributed by atoms with Crippen molar-refractivity contribution >= 4 is 11.8 Å². The second kappa shape index (κ2) is 8.48. The van der Waals surface area contributed by atoms with Gasteiger partial charge in [-0.05, 0) is 90.2 Å². The van der Waals surface area contributed by atoms with Crippen molar-refractivity contribution in [3.05, 3.63) is 29.8 Å². The van der Waals surface area contributed by atoms with E-state index in [4.69, 9.17) is 4.74 Å².